The Morgan fingerprint density at radius 1 is 1.00 bits per heavy atom. The number of carbonyl (C=O) groups excluding carboxylic acids is 2. The number of nitrogens with zero attached hydrogens (tertiary/aromatic N) is 1. The molecule has 0 aliphatic heterocycles. The van der Waals surface area contributed by atoms with Crippen molar-refractivity contribution in [1.29, 1.82) is 0 Å². The van der Waals surface area contributed by atoms with Crippen molar-refractivity contribution < 1.29 is 9.59 Å². The van der Waals surface area contributed by atoms with Gasteiger partial charge in [0.2, 0.25) is 5.91 Å². The molecule has 0 atom stereocenters. The quantitative estimate of drug-likeness (QED) is 0.578. The van der Waals surface area contributed by atoms with Crippen molar-refractivity contribution in [2.75, 3.05) is 11.4 Å². The number of amides is 2. The minimum absolute atomic E-state index is 0.0490. The van der Waals surface area contributed by atoms with Crippen LogP contribution in [0.5, 0.6) is 0 Å². The van der Waals surface area contributed by atoms with Gasteiger partial charge in [0.05, 0.1) is 17.8 Å². The Labute approximate surface area is 169 Å². The molecule has 3 rings (SSSR count). The number of benzene rings is 2. The lowest BCUT2D eigenvalue weighted by molar-refractivity contribution is -0.120. The number of nitrogens with one attached hydrogen (secondary N) is 1. The van der Waals surface area contributed by atoms with Gasteiger partial charge in [-0.1, -0.05) is 54.6 Å². The molecule has 3 aromatic rings. The van der Waals surface area contributed by atoms with Crippen LogP contribution in [0.15, 0.2) is 84.8 Å². The van der Waals surface area contributed by atoms with E-state index >= 15 is 0 Å². The molecule has 2 aromatic carbocycles. The maximum absolute atomic E-state index is 13.1. The van der Waals surface area contributed by atoms with E-state index in [1.54, 1.807) is 11.0 Å². The van der Waals surface area contributed by atoms with Gasteiger partial charge >= 0.3 is 0 Å². The summed E-state index contributed by atoms with van der Waals surface area (Å²) in [4.78, 5) is 27.6. The van der Waals surface area contributed by atoms with Gasteiger partial charge in [-0.25, -0.2) is 0 Å². The Kier molecular flexibility index (Phi) is 6.76. The summed E-state index contributed by atoms with van der Waals surface area (Å²) in [6, 6.07) is 21.2. The molecular weight excluding hydrogens is 368 g/mol. The van der Waals surface area contributed by atoms with Crippen molar-refractivity contribution in [2.24, 2.45) is 0 Å². The summed E-state index contributed by atoms with van der Waals surface area (Å²) in [5.74, 6) is -0.122. The monoisotopic (exact) mass is 390 g/mol. The molecule has 0 aliphatic carbocycles. The zero-order valence-corrected chi connectivity index (χ0v) is 16.3. The lowest BCUT2D eigenvalue weighted by atomic mass is 10.1. The van der Waals surface area contributed by atoms with Crippen LogP contribution in [0.25, 0.3) is 0 Å². The molecule has 0 unspecified atom stereocenters. The van der Waals surface area contributed by atoms with Crippen molar-refractivity contribution in [1.82, 2.24) is 5.32 Å². The molecule has 4 nitrogen and oxygen atoms in total. The highest BCUT2D eigenvalue weighted by atomic mass is 32.1. The van der Waals surface area contributed by atoms with E-state index in [0.717, 1.165) is 16.8 Å². The SMILES string of the molecule is C=CCNC(=O)Cc1cccc(N(Cc2ccccc2)C(=O)c2cccs2)c1. The van der Waals surface area contributed by atoms with Crippen LogP contribution in [0.3, 0.4) is 0 Å². The van der Waals surface area contributed by atoms with Gasteiger partial charge in [-0.05, 0) is 34.7 Å². The molecule has 28 heavy (non-hydrogen) atoms. The maximum atomic E-state index is 13.1. The second-order valence-electron chi connectivity index (χ2n) is 6.29. The summed E-state index contributed by atoms with van der Waals surface area (Å²) in [6.45, 7) is 4.50. The van der Waals surface area contributed by atoms with E-state index in [9.17, 15) is 9.59 Å². The zero-order chi connectivity index (χ0) is 19.8. The number of hydrogen-bond acceptors (Lipinski definition) is 3. The molecule has 0 saturated heterocycles. The van der Waals surface area contributed by atoms with Crippen molar-refractivity contribution in [2.45, 2.75) is 13.0 Å². The fourth-order valence-corrected chi connectivity index (χ4v) is 3.52. The second-order valence-corrected chi connectivity index (χ2v) is 7.24. The lowest BCUT2D eigenvalue weighted by Crippen LogP contribution is -2.30. The highest BCUT2D eigenvalue weighted by Gasteiger charge is 2.19. The fourth-order valence-electron chi connectivity index (χ4n) is 2.85. The van der Waals surface area contributed by atoms with Crippen LogP contribution < -0.4 is 10.2 Å². The Morgan fingerprint density at radius 3 is 2.50 bits per heavy atom. The predicted octanol–water partition coefficient (Wildman–Crippen LogP) is 4.44. The first-order chi connectivity index (χ1) is 13.7. The number of thiophene rings is 1. The van der Waals surface area contributed by atoms with E-state index in [1.807, 2.05) is 72.1 Å². The average Bonchev–Trinajstić information content (AvgIpc) is 3.26. The summed E-state index contributed by atoms with van der Waals surface area (Å²) in [5, 5.41) is 4.68. The Morgan fingerprint density at radius 2 is 1.79 bits per heavy atom. The Bertz CT molecular complexity index is 936. The largest absolute Gasteiger partial charge is 0.352 e. The van der Waals surface area contributed by atoms with E-state index in [1.165, 1.54) is 11.3 Å². The Balaban J connectivity index is 1.87. The molecule has 1 N–H and O–H groups in total. The maximum Gasteiger partial charge on any atom is 0.268 e. The van der Waals surface area contributed by atoms with Crippen LogP contribution in [0.2, 0.25) is 0 Å². The summed E-state index contributed by atoms with van der Waals surface area (Å²) >= 11 is 1.42. The van der Waals surface area contributed by atoms with Gasteiger partial charge in [0.15, 0.2) is 0 Å². The molecule has 2 amide bonds. The molecule has 0 saturated carbocycles. The van der Waals surface area contributed by atoms with Gasteiger partial charge in [0, 0.05) is 12.2 Å². The smallest absolute Gasteiger partial charge is 0.268 e. The fraction of sp³-hybridized carbons (Fsp3) is 0.130. The number of hydrogen-bond donors (Lipinski definition) is 1. The highest BCUT2D eigenvalue weighted by Crippen LogP contribution is 2.23. The molecule has 0 aliphatic rings. The predicted molar refractivity (Wildman–Crippen MR) is 115 cm³/mol. The third-order valence-corrected chi connectivity index (χ3v) is 5.05. The van der Waals surface area contributed by atoms with Gasteiger partial charge in [-0.3, -0.25) is 9.59 Å². The minimum atomic E-state index is -0.0729. The molecule has 0 bridgehead atoms. The zero-order valence-electron chi connectivity index (χ0n) is 15.5. The van der Waals surface area contributed by atoms with Crippen LogP contribution in [0.4, 0.5) is 5.69 Å². The molecule has 1 heterocycles. The summed E-state index contributed by atoms with van der Waals surface area (Å²) < 4.78 is 0. The standard InChI is InChI=1S/C23H22N2O2S/c1-2-13-24-22(26)16-19-10-6-11-20(15-19)25(17-18-8-4-3-5-9-18)23(27)21-12-7-14-28-21/h2-12,14-15H,1,13,16-17H2,(H,24,26). The molecule has 1 aromatic heterocycles. The minimum Gasteiger partial charge on any atom is -0.352 e. The first kappa shape index (κ1) is 19.6. The normalized spacial score (nSPS) is 10.3. The van der Waals surface area contributed by atoms with Gasteiger partial charge < -0.3 is 10.2 Å². The van der Waals surface area contributed by atoms with E-state index in [4.69, 9.17) is 0 Å². The topological polar surface area (TPSA) is 49.4 Å². The van der Waals surface area contributed by atoms with E-state index in [0.29, 0.717) is 18.0 Å². The van der Waals surface area contributed by atoms with Crippen LogP contribution in [-0.4, -0.2) is 18.4 Å². The van der Waals surface area contributed by atoms with Gasteiger partial charge in [0.25, 0.3) is 5.91 Å². The molecule has 142 valence electrons. The molecule has 0 fully saturated rings. The van der Waals surface area contributed by atoms with Crippen molar-refractivity contribution in [3.8, 4) is 0 Å². The van der Waals surface area contributed by atoms with Crippen LogP contribution in [0.1, 0.15) is 20.8 Å². The molecule has 5 heteroatoms. The highest BCUT2D eigenvalue weighted by molar-refractivity contribution is 7.12. The van der Waals surface area contributed by atoms with Crippen molar-refractivity contribution in [3.05, 3.63) is 101 Å². The molecule has 0 spiro atoms. The molecular formula is C23H22N2O2S. The van der Waals surface area contributed by atoms with Crippen LogP contribution in [-0.2, 0) is 17.8 Å². The van der Waals surface area contributed by atoms with E-state index in [-0.39, 0.29) is 18.2 Å². The van der Waals surface area contributed by atoms with Crippen molar-refractivity contribution >= 4 is 28.8 Å². The first-order valence-electron chi connectivity index (χ1n) is 9.03. The van der Waals surface area contributed by atoms with Gasteiger partial charge in [-0.2, -0.15) is 0 Å². The van der Waals surface area contributed by atoms with Crippen LogP contribution in [0, 0.1) is 0 Å². The molecule has 0 radical (unpaired) electrons. The third kappa shape index (κ3) is 5.18. The second kappa shape index (κ2) is 9.67. The van der Waals surface area contributed by atoms with Crippen LogP contribution >= 0.6 is 11.3 Å². The third-order valence-electron chi connectivity index (χ3n) is 4.19. The average molecular weight is 391 g/mol. The van der Waals surface area contributed by atoms with E-state index in [2.05, 4.69) is 11.9 Å². The lowest BCUT2D eigenvalue weighted by Gasteiger charge is -2.23. The summed E-state index contributed by atoms with van der Waals surface area (Å²) in [5.41, 5.74) is 2.67. The summed E-state index contributed by atoms with van der Waals surface area (Å²) in [7, 11) is 0. The number of anilines is 1. The summed E-state index contributed by atoms with van der Waals surface area (Å²) in [6.07, 6.45) is 1.91. The van der Waals surface area contributed by atoms with Crippen molar-refractivity contribution in [3.63, 3.8) is 0 Å². The van der Waals surface area contributed by atoms with Gasteiger partial charge in [0.1, 0.15) is 0 Å². The Hall–Kier alpha value is -3.18. The number of carbonyl (C=O) groups is 2. The number of rotatable bonds is 8. The van der Waals surface area contributed by atoms with Gasteiger partial charge in [-0.15, -0.1) is 17.9 Å². The van der Waals surface area contributed by atoms with E-state index < -0.39 is 0 Å². The first-order valence-corrected chi connectivity index (χ1v) is 9.91.